The molecule has 0 aliphatic heterocycles. The van der Waals surface area contributed by atoms with Crippen LogP contribution in [-0.2, 0) is 0 Å². The Morgan fingerprint density at radius 2 is 1.75 bits per heavy atom. The molecule has 0 amide bonds. The predicted molar refractivity (Wildman–Crippen MR) is 79.7 cm³/mol. The maximum absolute atomic E-state index is 13.3. The Hall–Kier alpha value is -1.87. The highest BCUT2D eigenvalue weighted by Crippen LogP contribution is 2.32. The summed E-state index contributed by atoms with van der Waals surface area (Å²) >= 11 is 0. The number of hydrogen-bond donors (Lipinski definition) is 1. The van der Waals surface area contributed by atoms with Crippen LogP contribution in [0.2, 0.25) is 0 Å². The van der Waals surface area contributed by atoms with E-state index in [4.69, 9.17) is 10.5 Å². The minimum atomic E-state index is -0.304. The summed E-state index contributed by atoms with van der Waals surface area (Å²) in [7, 11) is 0. The number of hydrogen-bond acceptors (Lipinski definition) is 2. The second kappa shape index (κ2) is 5.63. The number of halogens is 1. The average Bonchev–Trinajstić information content (AvgIpc) is 2.37. The molecule has 0 radical (unpaired) electrons. The molecular weight excluding hydrogens is 253 g/mol. The molecule has 0 aliphatic carbocycles. The average molecular weight is 273 g/mol. The lowest BCUT2D eigenvalue weighted by Crippen LogP contribution is -2.07. The highest BCUT2D eigenvalue weighted by Gasteiger charge is 2.12. The van der Waals surface area contributed by atoms with Crippen molar-refractivity contribution in [1.82, 2.24) is 0 Å². The summed E-state index contributed by atoms with van der Waals surface area (Å²) in [5.41, 5.74) is 9.94. The first kappa shape index (κ1) is 14.5. The van der Waals surface area contributed by atoms with E-state index in [9.17, 15) is 4.39 Å². The number of benzene rings is 2. The maximum Gasteiger partial charge on any atom is 0.132 e. The van der Waals surface area contributed by atoms with Gasteiger partial charge in [-0.3, -0.25) is 0 Å². The third-order valence-electron chi connectivity index (χ3n) is 3.45. The summed E-state index contributed by atoms with van der Waals surface area (Å²) < 4.78 is 19.3. The number of ether oxygens (including phenoxy) is 1. The summed E-state index contributed by atoms with van der Waals surface area (Å²) in [5, 5.41) is 0. The minimum Gasteiger partial charge on any atom is -0.457 e. The normalized spacial score (nSPS) is 12.3. The van der Waals surface area contributed by atoms with Crippen LogP contribution in [0.3, 0.4) is 0 Å². The van der Waals surface area contributed by atoms with Crippen LogP contribution < -0.4 is 10.5 Å². The lowest BCUT2D eigenvalue weighted by atomic mass is 10.1. The molecule has 2 nitrogen and oxygen atoms in total. The van der Waals surface area contributed by atoms with Crippen molar-refractivity contribution >= 4 is 0 Å². The third kappa shape index (κ3) is 2.99. The van der Waals surface area contributed by atoms with Crippen LogP contribution in [0.25, 0.3) is 0 Å². The molecule has 0 saturated carbocycles. The molecule has 1 atom stereocenters. The fraction of sp³-hybridized carbons (Fsp3) is 0.294. The molecule has 20 heavy (non-hydrogen) atoms. The third-order valence-corrected chi connectivity index (χ3v) is 3.45. The Labute approximate surface area is 119 Å². The van der Waals surface area contributed by atoms with E-state index in [1.807, 2.05) is 33.8 Å². The summed E-state index contributed by atoms with van der Waals surface area (Å²) in [5.74, 6) is 1.09. The molecule has 0 heterocycles. The molecular formula is C17H20FNO. The molecule has 0 aliphatic rings. The van der Waals surface area contributed by atoms with Crippen molar-refractivity contribution in [3.05, 3.63) is 58.4 Å². The van der Waals surface area contributed by atoms with Crippen LogP contribution in [-0.4, -0.2) is 0 Å². The number of rotatable bonds is 3. The molecule has 3 heteroatoms. The highest BCUT2D eigenvalue weighted by atomic mass is 19.1. The van der Waals surface area contributed by atoms with Gasteiger partial charge in [0, 0.05) is 11.6 Å². The van der Waals surface area contributed by atoms with Gasteiger partial charge in [-0.05, 0) is 68.7 Å². The second-order valence-electron chi connectivity index (χ2n) is 5.28. The molecule has 1 unspecified atom stereocenters. The molecule has 2 aromatic rings. The van der Waals surface area contributed by atoms with Crippen LogP contribution >= 0.6 is 0 Å². The van der Waals surface area contributed by atoms with Gasteiger partial charge in [-0.15, -0.1) is 0 Å². The van der Waals surface area contributed by atoms with E-state index in [0.29, 0.717) is 11.3 Å². The second-order valence-corrected chi connectivity index (χ2v) is 5.28. The Kier molecular flexibility index (Phi) is 4.09. The van der Waals surface area contributed by atoms with Crippen molar-refractivity contribution in [3.8, 4) is 11.5 Å². The summed E-state index contributed by atoms with van der Waals surface area (Å²) in [6, 6.07) is 8.25. The monoisotopic (exact) mass is 273 g/mol. The van der Waals surface area contributed by atoms with Gasteiger partial charge in [0.15, 0.2) is 0 Å². The number of nitrogens with two attached hydrogens (primary N) is 1. The molecule has 0 bridgehead atoms. The van der Waals surface area contributed by atoms with Crippen molar-refractivity contribution in [1.29, 1.82) is 0 Å². The van der Waals surface area contributed by atoms with Crippen LogP contribution in [0, 0.1) is 26.6 Å². The van der Waals surface area contributed by atoms with E-state index in [2.05, 4.69) is 6.07 Å². The molecule has 0 spiro atoms. The SMILES string of the molecule is Cc1cc(C)c(C)c(Oc2ccc(F)cc2C(C)N)c1. The first-order chi connectivity index (χ1) is 9.38. The number of aryl methyl sites for hydroxylation is 2. The molecule has 106 valence electrons. The Bertz CT molecular complexity index is 635. The van der Waals surface area contributed by atoms with E-state index in [0.717, 1.165) is 16.9 Å². The van der Waals surface area contributed by atoms with Crippen molar-refractivity contribution in [2.45, 2.75) is 33.7 Å². The largest absolute Gasteiger partial charge is 0.457 e. The van der Waals surface area contributed by atoms with E-state index in [-0.39, 0.29) is 11.9 Å². The van der Waals surface area contributed by atoms with Crippen LogP contribution in [0.1, 0.15) is 35.2 Å². The zero-order valence-electron chi connectivity index (χ0n) is 12.3. The quantitative estimate of drug-likeness (QED) is 0.889. The molecule has 0 aromatic heterocycles. The van der Waals surface area contributed by atoms with Crippen LogP contribution in [0.5, 0.6) is 11.5 Å². The van der Waals surface area contributed by atoms with Gasteiger partial charge >= 0.3 is 0 Å². The van der Waals surface area contributed by atoms with Gasteiger partial charge in [0.2, 0.25) is 0 Å². The van der Waals surface area contributed by atoms with Gasteiger partial charge in [0.05, 0.1) is 0 Å². The summed E-state index contributed by atoms with van der Waals surface area (Å²) in [4.78, 5) is 0. The summed E-state index contributed by atoms with van der Waals surface area (Å²) in [6.45, 7) is 7.90. The molecule has 2 N–H and O–H groups in total. The summed E-state index contributed by atoms with van der Waals surface area (Å²) in [6.07, 6.45) is 0. The fourth-order valence-corrected chi connectivity index (χ4v) is 2.19. The molecule has 0 fully saturated rings. The predicted octanol–water partition coefficient (Wildman–Crippen LogP) is 4.56. The van der Waals surface area contributed by atoms with Crippen molar-refractivity contribution in [3.63, 3.8) is 0 Å². The molecule has 2 aromatic carbocycles. The van der Waals surface area contributed by atoms with Crippen LogP contribution in [0.4, 0.5) is 4.39 Å². The zero-order chi connectivity index (χ0) is 14.9. The van der Waals surface area contributed by atoms with Crippen LogP contribution in [0.15, 0.2) is 30.3 Å². The topological polar surface area (TPSA) is 35.2 Å². The first-order valence-electron chi connectivity index (χ1n) is 6.69. The fourth-order valence-electron chi connectivity index (χ4n) is 2.19. The molecule has 0 saturated heterocycles. The van der Waals surface area contributed by atoms with Gasteiger partial charge < -0.3 is 10.5 Å². The van der Waals surface area contributed by atoms with Gasteiger partial charge in [-0.25, -0.2) is 4.39 Å². The minimum absolute atomic E-state index is 0.285. The van der Waals surface area contributed by atoms with Gasteiger partial charge in [0.25, 0.3) is 0 Å². The lowest BCUT2D eigenvalue weighted by molar-refractivity contribution is 0.465. The van der Waals surface area contributed by atoms with Gasteiger partial charge in [-0.1, -0.05) is 6.07 Å². The zero-order valence-corrected chi connectivity index (χ0v) is 12.3. The van der Waals surface area contributed by atoms with E-state index < -0.39 is 0 Å². The van der Waals surface area contributed by atoms with E-state index >= 15 is 0 Å². The lowest BCUT2D eigenvalue weighted by Gasteiger charge is -2.16. The van der Waals surface area contributed by atoms with E-state index in [1.165, 1.54) is 17.7 Å². The Balaban J connectivity index is 2.45. The highest BCUT2D eigenvalue weighted by molar-refractivity contribution is 5.46. The van der Waals surface area contributed by atoms with Crippen molar-refractivity contribution < 1.29 is 9.13 Å². The van der Waals surface area contributed by atoms with Crippen molar-refractivity contribution in [2.75, 3.05) is 0 Å². The van der Waals surface area contributed by atoms with Crippen molar-refractivity contribution in [2.24, 2.45) is 5.73 Å². The van der Waals surface area contributed by atoms with Gasteiger partial charge in [0.1, 0.15) is 17.3 Å². The Morgan fingerprint density at radius 3 is 2.40 bits per heavy atom. The molecule has 2 rings (SSSR count). The standard InChI is InChI=1S/C17H20FNO/c1-10-7-11(2)12(3)17(8-10)20-16-6-5-14(18)9-15(16)13(4)19/h5-9,13H,19H2,1-4H3. The maximum atomic E-state index is 13.3. The van der Waals surface area contributed by atoms with E-state index in [1.54, 1.807) is 6.07 Å². The van der Waals surface area contributed by atoms with Gasteiger partial charge in [-0.2, -0.15) is 0 Å². The first-order valence-corrected chi connectivity index (χ1v) is 6.69. The smallest absolute Gasteiger partial charge is 0.132 e. The Morgan fingerprint density at radius 1 is 1.05 bits per heavy atom.